The van der Waals surface area contributed by atoms with E-state index in [4.69, 9.17) is 4.74 Å². The van der Waals surface area contributed by atoms with Gasteiger partial charge in [-0.25, -0.2) is 0 Å². The topological polar surface area (TPSA) is 67.8 Å². The van der Waals surface area contributed by atoms with Gasteiger partial charge in [-0.2, -0.15) is 0 Å². The van der Waals surface area contributed by atoms with Crippen molar-refractivity contribution >= 4 is 17.7 Å². The van der Waals surface area contributed by atoms with Crippen molar-refractivity contribution in [3.8, 4) is 0 Å². The highest BCUT2D eigenvalue weighted by atomic mass is 16.5. The molecule has 3 aliphatic rings. The lowest BCUT2D eigenvalue weighted by molar-refractivity contribution is -0.125. The monoisotopic (exact) mass is 246 g/mol. The number of fused-ring (bicyclic) bond motifs is 1. The Morgan fingerprint density at radius 2 is 2.11 bits per heavy atom. The molecule has 18 heavy (non-hydrogen) atoms. The summed E-state index contributed by atoms with van der Waals surface area (Å²) in [6.45, 7) is 0.748. The predicted molar refractivity (Wildman–Crippen MR) is 64.8 cm³/mol. The summed E-state index contributed by atoms with van der Waals surface area (Å²) in [4.78, 5) is 27.4. The Kier molecular flexibility index (Phi) is 2.54. The van der Waals surface area contributed by atoms with E-state index in [0.717, 1.165) is 18.5 Å². The van der Waals surface area contributed by atoms with Crippen molar-refractivity contribution in [1.82, 2.24) is 5.32 Å². The molecule has 1 saturated heterocycles. The van der Waals surface area contributed by atoms with Crippen LogP contribution in [0.4, 0.5) is 0 Å². The van der Waals surface area contributed by atoms with E-state index >= 15 is 0 Å². The molecular weight excluding hydrogens is 232 g/mol. The maximum atomic E-state index is 11.7. The molecule has 0 saturated carbocycles. The molecule has 0 aromatic carbocycles. The lowest BCUT2D eigenvalue weighted by Gasteiger charge is -2.20. The minimum Gasteiger partial charge on any atom is -0.484 e. The highest BCUT2D eigenvalue weighted by Gasteiger charge is 2.41. The van der Waals surface area contributed by atoms with Crippen LogP contribution >= 0.6 is 0 Å². The van der Waals surface area contributed by atoms with Crippen molar-refractivity contribution < 1.29 is 14.3 Å². The van der Waals surface area contributed by atoms with Crippen LogP contribution in [0.5, 0.6) is 0 Å². The number of rotatable bonds is 1. The Hall–Kier alpha value is -1.91. The molecular formula is C13H14N2O3. The van der Waals surface area contributed by atoms with E-state index in [9.17, 15) is 9.59 Å². The van der Waals surface area contributed by atoms with Crippen molar-refractivity contribution in [2.75, 3.05) is 13.7 Å². The minimum absolute atomic E-state index is 0.121. The highest BCUT2D eigenvalue weighted by Crippen LogP contribution is 2.33. The van der Waals surface area contributed by atoms with Gasteiger partial charge in [-0.15, -0.1) is 0 Å². The van der Waals surface area contributed by atoms with Gasteiger partial charge in [0.2, 0.25) is 11.8 Å². The van der Waals surface area contributed by atoms with Gasteiger partial charge in [0.25, 0.3) is 0 Å². The molecule has 0 radical (unpaired) electrons. The molecule has 3 atom stereocenters. The molecule has 5 heteroatoms. The number of hydrogen-bond donors (Lipinski definition) is 1. The fourth-order valence-electron chi connectivity index (χ4n) is 2.76. The average Bonchev–Trinajstić information content (AvgIpc) is 2.95. The third-order valence-electron chi connectivity index (χ3n) is 3.70. The van der Waals surface area contributed by atoms with Crippen LogP contribution in [-0.4, -0.2) is 31.4 Å². The quantitative estimate of drug-likeness (QED) is 0.682. The maximum absolute atomic E-state index is 11.7. The van der Waals surface area contributed by atoms with Gasteiger partial charge in [-0.3, -0.25) is 19.9 Å². The van der Waals surface area contributed by atoms with E-state index in [1.54, 1.807) is 7.11 Å². The van der Waals surface area contributed by atoms with E-state index < -0.39 is 0 Å². The summed E-state index contributed by atoms with van der Waals surface area (Å²) in [6.07, 6.45) is 6.51. The molecule has 2 amide bonds. The number of allylic oxidation sites excluding steroid dienone is 1. The first-order valence-corrected chi connectivity index (χ1v) is 6.03. The lowest BCUT2D eigenvalue weighted by atomic mass is 9.83. The third kappa shape index (κ3) is 1.58. The molecule has 2 heterocycles. The van der Waals surface area contributed by atoms with Crippen LogP contribution in [0.25, 0.3) is 0 Å². The standard InChI is InChI=1S/C13H14N2O3/c1-18-13-8(4-5-14-13)7-2-3-9-10(6-7)12(17)15-11(9)16/h2-3,6,8-10H,4-5H2,1H3,(H,15,16,17). The Morgan fingerprint density at radius 1 is 1.33 bits per heavy atom. The molecule has 5 nitrogen and oxygen atoms in total. The number of carbonyl (C=O) groups is 2. The zero-order chi connectivity index (χ0) is 12.7. The van der Waals surface area contributed by atoms with E-state index in [1.807, 2.05) is 18.2 Å². The molecule has 3 unspecified atom stereocenters. The zero-order valence-electron chi connectivity index (χ0n) is 10.1. The number of ether oxygens (including phenoxy) is 1. The third-order valence-corrected chi connectivity index (χ3v) is 3.70. The van der Waals surface area contributed by atoms with Gasteiger partial charge in [0, 0.05) is 6.54 Å². The van der Waals surface area contributed by atoms with Crippen molar-refractivity contribution in [2.45, 2.75) is 6.42 Å². The summed E-state index contributed by atoms with van der Waals surface area (Å²) in [6, 6.07) is 0. The van der Waals surface area contributed by atoms with Crippen molar-refractivity contribution in [3.63, 3.8) is 0 Å². The molecule has 0 bridgehead atoms. The van der Waals surface area contributed by atoms with E-state index in [0.29, 0.717) is 5.90 Å². The Balaban J connectivity index is 1.88. The normalized spacial score (nSPS) is 33.9. The minimum atomic E-state index is -0.365. The van der Waals surface area contributed by atoms with Gasteiger partial charge in [-0.05, 0) is 12.0 Å². The van der Waals surface area contributed by atoms with Gasteiger partial charge < -0.3 is 4.74 Å². The predicted octanol–water partition coefficient (Wildman–Crippen LogP) is 0.436. The summed E-state index contributed by atoms with van der Waals surface area (Å²) in [5.41, 5.74) is 1.03. The molecule has 0 spiro atoms. The van der Waals surface area contributed by atoms with Crippen molar-refractivity contribution in [3.05, 3.63) is 23.8 Å². The first kappa shape index (κ1) is 11.2. The number of amides is 2. The van der Waals surface area contributed by atoms with Gasteiger partial charge in [0.15, 0.2) is 5.90 Å². The van der Waals surface area contributed by atoms with E-state index in [1.165, 1.54) is 0 Å². The number of carbonyl (C=O) groups excluding carboxylic acids is 2. The first-order valence-electron chi connectivity index (χ1n) is 6.03. The number of methoxy groups -OCH3 is 1. The highest BCUT2D eigenvalue weighted by molar-refractivity contribution is 6.07. The van der Waals surface area contributed by atoms with Crippen LogP contribution in [0.3, 0.4) is 0 Å². The lowest BCUT2D eigenvalue weighted by Crippen LogP contribution is -2.22. The molecule has 0 aromatic heterocycles. The van der Waals surface area contributed by atoms with Gasteiger partial charge in [0.1, 0.15) is 0 Å². The Bertz CT molecular complexity index is 504. The Morgan fingerprint density at radius 3 is 2.89 bits per heavy atom. The van der Waals surface area contributed by atoms with Crippen LogP contribution in [0, 0.1) is 17.8 Å². The van der Waals surface area contributed by atoms with Crippen LogP contribution in [0.1, 0.15) is 6.42 Å². The second-order valence-electron chi connectivity index (χ2n) is 4.70. The van der Waals surface area contributed by atoms with Crippen LogP contribution < -0.4 is 5.32 Å². The molecule has 3 rings (SSSR count). The Labute approximate surface area is 105 Å². The van der Waals surface area contributed by atoms with Crippen LogP contribution in [0.15, 0.2) is 28.8 Å². The smallest absolute Gasteiger partial charge is 0.234 e. The summed E-state index contributed by atoms with van der Waals surface area (Å²) >= 11 is 0. The van der Waals surface area contributed by atoms with Gasteiger partial charge >= 0.3 is 0 Å². The molecule has 1 aliphatic carbocycles. The van der Waals surface area contributed by atoms with Gasteiger partial charge in [0.05, 0.1) is 24.9 Å². The fraction of sp³-hybridized carbons (Fsp3) is 0.462. The maximum Gasteiger partial charge on any atom is 0.234 e. The van der Waals surface area contributed by atoms with Gasteiger partial charge in [-0.1, -0.05) is 18.2 Å². The summed E-state index contributed by atoms with van der Waals surface area (Å²) in [5, 5.41) is 2.36. The molecule has 94 valence electrons. The number of aliphatic imine (C=N–C) groups is 1. The van der Waals surface area contributed by atoms with E-state index in [2.05, 4.69) is 10.3 Å². The summed E-state index contributed by atoms with van der Waals surface area (Å²) in [5.74, 6) is -0.282. The number of hydrogen-bond acceptors (Lipinski definition) is 4. The van der Waals surface area contributed by atoms with Crippen molar-refractivity contribution in [2.24, 2.45) is 22.7 Å². The largest absolute Gasteiger partial charge is 0.484 e. The zero-order valence-corrected chi connectivity index (χ0v) is 10.1. The average molecular weight is 246 g/mol. The molecule has 0 aromatic rings. The fourth-order valence-corrected chi connectivity index (χ4v) is 2.76. The van der Waals surface area contributed by atoms with Crippen LogP contribution in [-0.2, 0) is 14.3 Å². The number of nitrogens with zero attached hydrogens (tertiary/aromatic N) is 1. The van der Waals surface area contributed by atoms with E-state index in [-0.39, 0.29) is 29.6 Å². The SMILES string of the molecule is COC1=NCCC1C1=CC2C(=O)NC(=O)C2C=C1. The second kappa shape index (κ2) is 4.08. The first-order chi connectivity index (χ1) is 8.70. The van der Waals surface area contributed by atoms with Crippen LogP contribution in [0.2, 0.25) is 0 Å². The summed E-state index contributed by atoms with van der Waals surface area (Å²) < 4.78 is 5.24. The molecule has 2 aliphatic heterocycles. The molecule has 1 N–H and O–H groups in total. The second-order valence-corrected chi connectivity index (χ2v) is 4.70. The molecule has 1 fully saturated rings. The number of nitrogens with one attached hydrogen (secondary N) is 1. The van der Waals surface area contributed by atoms with Crippen molar-refractivity contribution in [1.29, 1.82) is 0 Å². The number of imide groups is 1. The summed E-state index contributed by atoms with van der Waals surface area (Å²) in [7, 11) is 1.61.